The Morgan fingerprint density at radius 2 is 1.68 bits per heavy atom. The van der Waals surface area contributed by atoms with Crippen LogP contribution in [0.2, 0.25) is 0 Å². The monoisotopic (exact) mass is 344 g/mol. The molecule has 1 aliphatic carbocycles. The van der Waals surface area contributed by atoms with Gasteiger partial charge in [-0.05, 0) is 43.9 Å². The molecule has 134 valence electrons. The number of allylic oxidation sites excluding steroid dienone is 2. The third-order valence-corrected chi connectivity index (χ3v) is 4.43. The van der Waals surface area contributed by atoms with Gasteiger partial charge in [0.1, 0.15) is 0 Å². The number of amides is 2. The van der Waals surface area contributed by atoms with Crippen molar-refractivity contribution < 1.29 is 19.5 Å². The summed E-state index contributed by atoms with van der Waals surface area (Å²) in [5.74, 6) is -2.64. The average Bonchev–Trinajstić information content (AvgIpc) is 2.58. The fourth-order valence-corrected chi connectivity index (χ4v) is 2.95. The maximum Gasteiger partial charge on any atom is 0.307 e. The van der Waals surface area contributed by atoms with E-state index in [0.29, 0.717) is 30.6 Å². The molecule has 0 heterocycles. The molecule has 0 bridgehead atoms. The molecule has 6 nitrogen and oxygen atoms in total. The number of aliphatic carboxylic acids is 1. The molecule has 0 spiro atoms. The lowest BCUT2D eigenvalue weighted by atomic mass is 9.82. The molecule has 0 aromatic heterocycles. The fourth-order valence-electron chi connectivity index (χ4n) is 2.95. The summed E-state index contributed by atoms with van der Waals surface area (Å²) in [5, 5.41) is 15.0. The van der Waals surface area contributed by atoms with E-state index in [2.05, 4.69) is 10.6 Å². The minimum absolute atomic E-state index is 0.0718. The largest absolute Gasteiger partial charge is 0.481 e. The number of carboxylic acid groups (broad SMARTS) is 1. The lowest BCUT2D eigenvalue weighted by Crippen LogP contribution is -2.34. The summed E-state index contributed by atoms with van der Waals surface area (Å²) in [6.07, 6.45) is 5.61. The summed E-state index contributed by atoms with van der Waals surface area (Å²) < 4.78 is 0. The van der Waals surface area contributed by atoms with Crippen molar-refractivity contribution in [3.63, 3.8) is 0 Å². The van der Waals surface area contributed by atoms with Crippen LogP contribution in [0.15, 0.2) is 30.4 Å². The summed E-state index contributed by atoms with van der Waals surface area (Å²) in [6.45, 7) is 3.74. The molecule has 1 aromatic rings. The van der Waals surface area contributed by atoms with Crippen LogP contribution in [0.1, 0.15) is 38.2 Å². The molecule has 0 saturated carbocycles. The number of hydrogen-bond donors (Lipinski definition) is 3. The minimum Gasteiger partial charge on any atom is -0.481 e. The highest BCUT2D eigenvalue weighted by Crippen LogP contribution is 2.29. The van der Waals surface area contributed by atoms with Gasteiger partial charge >= 0.3 is 5.97 Å². The van der Waals surface area contributed by atoms with Gasteiger partial charge in [-0.2, -0.15) is 0 Å². The lowest BCUT2D eigenvalue weighted by molar-refractivity contribution is -0.146. The van der Waals surface area contributed by atoms with Crippen LogP contribution < -0.4 is 10.6 Å². The molecule has 0 aliphatic heterocycles. The second-order valence-corrected chi connectivity index (χ2v) is 6.26. The number of benzene rings is 1. The first-order valence-electron chi connectivity index (χ1n) is 8.52. The maximum atomic E-state index is 12.6. The lowest BCUT2D eigenvalue weighted by Gasteiger charge is -2.24. The second kappa shape index (κ2) is 8.46. The molecular weight excluding hydrogens is 320 g/mol. The number of carbonyl (C=O) groups excluding carboxylic acids is 2. The fraction of sp³-hybridized carbons (Fsp3) is 0.421. The molecule has 1 aliphatic rings. The Bertz CT molecular complexity index is 697. The molecule has 2 rings (SSSR count). The molecule has 2 amide bonds. The zero-order valence-electron chi connectivity index (χ0n) is 14.5. The zero-order valence-corrected chi connectivity index (χ0v) is 14.5. The predicted molar refractivity (Wildman–Crippen MR) is 96.3 cm³/mol. The first-order valence-corrected chi connectivity index (χ1v) is 8.52. The highest BCUT2D eigenvalue weighted by Gasteiger charge is 2.34. The Morgan fingerprint density at radius 1 is 1.08 bits per heavy atom. The normalized spacial score (nSPS) is 19.3. The molecule has 3 N–H and O–H groups in total. The van der Waals surface area contributed by atoms with Crippen LogP contribution in [0.3, 0.4) is 0 Å². The Morgan fingerprint density at radius 3 is 2.28 bits per heavy atom. The van der Waals surface area contributed by atoms with Gasteiger partial charge in [-0.25, -0.2) is 0 Å². The van der Waals surface area contributed by atoms with E-state index >= 15 is 0 Å². The minimum atomic E-state index is -0.957. The summed E-state index contributed by atoms with van der Waals surface area (Å²) >= 11 is 0. The van der Waals surface area contributed by atoms with E-state index in [0.717, 1.165) is 12.0 Å². The van der Waals surface area contributed by atoms with Crippen molar-refractivity contribution in [1.29, 1.82) is 0 Å². The van der Waals surface area contributed by atoms with E-state index in [1.54, 1.807) is 24.3 Å². The number of rotatable bonds is 6. The van der Waals surface area contributed by atoms with Crippen molar-refractivity contribution in [2.75, 3.05) is 10.6 Å². The van der Waals surface area contributed by atoms with Gasteiger partial charge in [0.05, 0.1) is 11.8 Å². The number of hydrogen-bond acceptors (Lipinski definition) is 3. The zero-order chi connectivity index (χ0) is 18.4. The van der Waals surface area contributed by atoms with E-state index in [-0.39, 0.29) is 11.8 Å². The molecular formula is C19H24N2O4. The van der Waals surface area contributed by atoms with Crippen molar-refractivity contribution in [2.45, 2.75) is 39.5 Å². The van der Waals surface area contributed by atoms with Gasteiger partial charge in [0.25, 0.3) is 0 Å². The van der Waals surface area contributed by atoms with E-state index in [9.17, 15) is 19.5 Å². The smallest absolute Gasteiger partial charge is 0.307 e. The summed E-state index contributed by atoms with van der Waals surface area (Å²) in [5.41, 5.74) is 1.98. The van der Waals surface area contributed by atoms with Gasteiger partial charge in [0.15, 0.2) is 0 Å². The van der Waals surface area contributed by atoms with Crippen molar-refractivity contribution in [2.24, 2.45) is 11.8 Å². The average molecular weight is 344 g/mol. The van der Waals surface area contributed by atoms with Gasteiger partial charge in [-0.1, -0.05) is 25.1 Å². The highest BCUT2D eigenvalue weighted by atomic mass is 16.4. The SMILES string of the molecule is CCCC(=O)Nc1cccc(NC(=O)[C@H]2CC=CC[C@@H]2C(=O)O)c1C. The standard InChI is InChI=1S/C19H24N2O4/c1-3-7-17(22)20-15-10-6-11-16(12(15)2)21-18(23)13-8-4-5-9-14(13)19(24)25/h4-6,10-11,13-14H,3,7-9H2,1-2H3,(H,20,22)(H,21,23)(H,24,25)/t13-,14-/m0/s1. The van der Waals surface area contributed by atoms with E-state index in [4.69, 9.17) is 0 Å². The second-order valence-electron chi connectivity index (χ2n) is 6.26. The Hall–Kier alpha value is -2.63. The number of nitrogens with one attached hydrogen (secondary N) is 2. The van der Waals surface area contributed by atoms with Crippen molar-refractivity contribution in [3.8, 4) is 0 Å². The quantitative estimate of drug-likeness (QED) is 0.690. The molecule has 0 radical (unpaired) electrons. The van der Waals surface area contributed by atoms with Crippen molar-refractivity contribution in [1.82, 2.24) is 0 Å². The third-order valence-electron chi connectivity index (χ3n) is 4.43. The van der Waals surface area contributed by atoms with E-state index < -0.39 is 17.8 Å². The predicted octanol–water partition coefficient (Wildman–Crippen LogP) is 3.34. The molecule has 1 aromatic carbocycles. The Labute approximate surface area is 147 Å². The van der Waals surface area contributed by atoms with Gasteiger partial charge < -0.3 is 15.7 Å². The molecule has 6 heteroatoms. The van der Waals surface area contributed by atoms with Crippen LogP contribution in [-0.4, -0.2) is 22.9 Å². The van der Waals surface area contributed by atoms with Gasteiger partial charge in [-0.15, -0.1) is 0 Å². The highest BCUT2D eigenvalue weighted by molar-refractivity contribution is 5.98. The van der Waals surface area contributed by atoms with Crippen LogP contribution in [0.5, 0.6) is 0 Å². The molecule has 25 heavy (non-hydrogen) atoms. The summed E-state index contributed by atoms with van der Waals surface area (Å²) in [4.78, 5) is 35.7. The summed E-state index contributed by atoms with van der Waals surface area (Å²) in [7, 11) is 0. The maximum absolute atomic E-state index is 12.6. The number of anilines is 2. The van der Waals surface area contributed by atoms with Crippen LogP contribution in [-0.2, 0) is 14.4 Å². The van der Waals surface area contributed by atoms with Crippen molar-refractivity contribution >= 4 is 29.2 Å². The van der Waals surface area contributed by atoms with Crippen molar-refractivity contribution in [3.05, 3.63) is 35.9 Å². The summed E-state index contributed by atoms with van der Waals surface area (Å²) in [6, 6.07) is 5.28. The molecule has 0 unspecified atom stereocenters. The van der Waals surface area contributed by atoms with E-state index in [1.165, 1.54) is 0 Å². The van der Waals surface area contributed by atoms with Crippen LogP contribution in [0.25, 0.3) is 0 Å². The Balaban J connectivity index is 2.14. The molecule has 0 saturated heterocycles. The van der Waals surface area contributed by atoms with Crippen LogP contribution in [0.4, 0.5) is 11.4 Å². The molecule has 2 atom stereocenters. The van der Waals surface area contributed by atoms with Gasteiger partial charge in [0, 0.05) is 17.8 Å². The number of carbonyl (C=O) groups is 3. The molecule has 0 fully saturated rings. The topological polar surface area (TPSA) is 95.5 Å². The van der Waals surface area contributed by atoms with E-state index in [1.807, 2.05) is 19.9 Å². The van der Waals surface area contributed by atoms with Gasteiger partial charge in [-0.3, -0.25) is 14.4 Å². The first kappa shape index (κ1) is 18.7. The number of carboxylic acids is 1. The first-order chi connectivity index (χ1) is 11.9. The van der Waals surface area contributed by atoms with Crippen LogP contribution in [0, 0.1) is 18.8 Å². The Kier molecular flexibility index (Phi) is 6.33. The van der Waals surface area contributed by atoms with Crippen LogP contribution >= 0.6 is 0 Å². The van der Waals surface area contributed by atoms with Gasteiger partial charge in [0.2, 0.25) is 11.8 Å². The third kappa shape index (κ3) is 4.68.